The third-order valence-corrected chi connectivity index (χ3v) is 6.54. The molecule has 4 nitrogen and oxygen atoms in total. The van der Waals surface area contributed by atoms with Crippen molar-refractivity contribution < 1.29 is 8.42 Å². The molecule has 0 aliphatic heterocycles. The van der Waals surface area contributed by atoms with E-state index in [2.05, 4.69) is 26.0 Å². The molecule has 0 aliphatic carbocycles. The van der Waals surface area contributed by atoms with E-state index in [0.29, 0.717) is 27.7 Å². The van der Waals surface area contributed by atoms with E-state index >= 15 is 0 Å². The van der Waals surface area contributed by atoms with Gasteiger partial charge in [-0.2, -0.15) is 0 Å². The highest BCUT2D eigenvalue weighted by Crippen LogP contribution is 2.31. The molecule has 7 heteroatoms. The Morgan fingerprint density at radius 1 is 1.42 bits per heavy atom. The molecule has 0 bridgehead atoms. The average molecular weight is 369 g/mol. The molecule has 1 aromatic rings. The topological polar surface area (TPSA) is 58.2 Å². The van der Waals surface area contributed by atoms with Gasteiger partial charge in [0, 0.05) is 18.0 Å². The van der Waals surface area contributed by atoms with Crippen molar-refractivity contribution in [3.63, 3.8) is 0 Å². The molecule has 0 spiro atoms. The maximum atomic E-state index is 12.2. The Bertz CT molecular complexity index is 500. The minimum absolute atomic E-state index is 0.341. The largest absolute Gasteiger partial charge is 0.312 e. The summed E-state index contributed by atoms with van der Waals surface area (Å²) in [5.74, 6) is 0.341. The summed E-state index contributed by atoms with van der Waals surface area (Å²) in [7, 11) is -3.41. The van der Waals surface area contributed by atoms with E-state index < -0.39 is 10.0 Å². The normalized spacial score (nSPS) is 13.7. The molecule has 1 heterocycles. The van der Waals surface area contributed by atoms with Crippen molar-refractivity contribution in [2.75, 3.05) is 13.1 Å². The monoisotopic (exact) mass is 368 g/mol. The quantitative estimate of drug-likeness (QED) is 0.741. The van der Waals surface area contributed by atoms with Crippen LogP contribution < -0.4 is 10.0 Å². The van der Waals surface area contributed by atoms with Gasteiger partial charge in [0.15, 0.2) is 0 Å². The Hall–Kier alpha value is 0.0500. The third kappa shape index (κ3) is 5.15. The lowest BCUT2D eigenvalue weighted by Gasteiger charge is -2.10. The zero-order valence-corrected chi connectivity index (χ0v) is 14.7. The van der Waals surface area contributed by atoms with Gasteiger partial charge >= 0.3 is 0 Å². The number of rotatable bonds is 8. The molecule has 1 atom stereocenters. The molecule has 0 radical (unpaired) electrons. The van der Waals surface area contributed by atoms with Crippen molar-refractivity contribution >= 4 is 37.3 Å². The minimum Gasteiger partial charge on any atom is -0.312 e. The van der Waals surface area contributed by atoms with Gasteiger partial charge in [0.1, 0.15) is 4.90 Å². The average Bonchev–Trinajstić information content (AvgIpc) is 2.75. The third-order valence-electron chi connectivity index (χ3n) is 2.86. The molecule has 0 aliphatic rings. The maximum absolute atomic E-state index is 12.2. The van der Waals surface area contributed by atoms with E-state index in [0.717, 1.165) is 17.8 Å². The molecular weight excluding hydrogens is 348 g/mol. The van der Waals surface area contributed by atoms with Crippen molar-refractivity contribution in [2.24, 2.45) is 5.92 Å². The molecule has 0 saturated heterocycles. The maximum Gasteiger partial charge on any atom is 0.242 e. The lowest BCUT2D eigenvalue weighted by molar-refractivity contribution is 0.528. The molecule has 2 N–H and O–H groups in total. The van der Waals surface area contributed by atoms with Gasteiger partial charge < -0.3 is 5.32 Å². The zero-order chi connectivity index (χ0) is 14.5. The fourth-order valence-electron chi connectivity index (χ4n) is 1.39. The molecule has 1 rings (SSSR count). The standard InChI is InChI=1S/C12H21BrN2O2S2/c1-4-9(3)7-15-19(16,17)11-6-10(8-14-5-2)18-12(11)13/h6,9,14-15H,4-5,7-8H2,1-3H3. The van der Waals surface area contributed by atoms with E-state index in [9.17, 15) is 8.42 Å². The molecule has 1 aromatic heterocycles. The summed E-state index contributed by atoms with van der Waals surface area (Å²) in [5, 5.41) is 3.19. The van der Waals surface area contributed by atoms with Crippen LogP contribution in [0.4, 0.5) is 0 Å². The lowest BCUT2D eigenvalue weighted by atomic mass is 10.1. The second-order valence-corrected chi connectivity index (χ2v) is 8.69. The fourth-order valence-corrected chi connectivity index (χ4v) is 5.21. The second-order valence-electron chi connectivity index (χ2n) is 4.50. The first-order valence-electron chi connectivity index (χ1n) is 6.39. The summed E-state index contributed by atoms with van der Waals surface area (Å²) in [6.07, 6.45) is 0.957. The summed E-state index contributed by atoms with van der Waals surface area (Å²) in [6, 6.07) is 1.73. The Morgan fingerprint density at radius 3 is 2.68 bits per heavy atom. The van der Waals surface area contributed by atoms with Crippen molar-refractivity contribution in [3.05, 3.63) is 14.7 Å². The van der Waals surface area contributed by atoms with Crippen LogP contribution >= 0.6 is 27.3 Å². The number of nitrogens with one attached hydrogen (secondary N) is 2. The van der Waals surface area contributed by atoms with Gasteiger partial charge in [-0.25, -0.2) is 13.1 Å². The summed E-state index contributed by atoms with van der Waals surface area (Å²) >= 11 is 4.80. The van der Waals surface area contributed by atoms with Gasteiger partial charge in [-0.3, -0.25) is 0 Å². The Labute approximate surface area is 128 Å². The molecule has 110 valence electrons. The van der Waals surface area contributed by atoms with Gasteiger partial charge in [0.2, 0.25) is 10.0 Å². The first kappa shape index (κ1) is 17.1. The minimum atomic E-state index is -3.41. The molecular formula is C12H21BrN2O2S2. The summed E-state index contributed by atoms with van der Waals surface area (Å²) in [4.78, 5) is 1.35. The number of hydrogen-bond acceptors (Lipinski definition) is 4. The molecule has 0 amide bonds. The van der Waals surface area contributed by atoms with E-state index in [4.69, 9.17) is 0 Å². The van der Waals surface area contributed by atoms with Gasteiger partial charge in [0.25, 0.3) is 0 Å². The predicted molar refractivity (Wildman–Crippen MR) is 84.0 cm³/mol. The van der Waals surface area contributed by atoms with Gasteiger partial charge in [0.05, 0.1) is 3.79 Å². The van der Waals surface area contributed by atoms with E-state index in [-0.39, 0.29) is 0 Å². The van der Waals surface area contributed by atoms with Crippen LogP contribution in [0.5, 0.6) is 0 Å². The first-order valence-corrected chi connectivity index (χ1v) is 9.48. The predicted octanol–water partition coefficient (Wildman–Crippen LogP) is 2.94. The number of thiophene rings is 1. The fraction of sp³-hybridized carbons (Fsp3) is 0.667. The molecule has 0 saturated carbocycles. The van der Waals surface area contributed by atoms with Gasteiger partial charge in [-0.05, 0) is 34.5 Å². The Balaban J connectivity index is 2.80. The number of hydrogen-bond donors (Lipinski definition) is 2. The summed E-state index contributed by atoms with van der Waals surface area (Å²) in [5.41, 5.74) is 0. The molecule has 1 unspecified atom stereocenters. The second kappa shape index (κ2) is 7.73. The summed E-state index contributed by atoms with van der Waals surface area (Å²) in [6.45, 7) is 8.14. The van der Waals surface area contributed by atoms with E-state index in [1.807, 2.05) is 20.8 Å². The zero-order valence-electron chi connectivity index (χ0n) is 11.5. The Morgan fingerprint density at radius 2 is 2.11 bits per heavy atom. The highest BCUT2D eigenvalue weighted by molar-refractivity contribution is 9.11. The first-order chi connectivity index (χ1) is 8.90. The van der Waals surface area contributed by atoms with Crippen LogP contribution in [-0.2, 0) is 16.6 Å². The van der Waals surface area contributed by atoms with Gasteiger partial charge in [-0.1, -0.05) is 27.2 Å². The number of sulfonamides is 1. The summed E-state index contributed by atoms with van der Waals surface area (Å²) < 4.78 is 27.7. The van der Waals surface area contributed by atoms with Crippen LogP contribution in [0.15, 0.2) is 14.7 Å². The number of halogens is 1. The Kier molecular flexibility index (Phi) is 6.96. The SMILES string of the molecule is CCNCc1cc(S(=O)(=O)NCC(C)CC)c(Br)s1. The van der Waals surface area contributed by atoms with Gasteiger partial charge in [-0.15, -0.1) is 11.3 Å². The highest BCUT2D eigenvalue weighted by atomic mass is 79.9. The van der Waals surface area contributed by atoms with E-state index in [1.54, 1.807) is 6.07 Å². The van der Waals surface area contributed by atoms with Crippen LogP contribution in [0.2, 0.25) is 0 Å². The molecule has 0 fully saturated rings. The van der Waals surface area contributed by atoms with Crippen molar-refractivity contribution in [2.45, 2.75) is 38.6 Å². The van der Waals surface area contributed by atoms with Crippen LogP contribution in [0.3, 0.4) is 0 Å². The van der Waals surface area contributed by atoms with Crippen molar-refractivity contribution in [1.29, 1.82) is 0 Å². The van der Waals surface area contributed by atoms with Crippen molar-refractivity contribution in [3.8, 4) is 0 Å². The smallest absolute Gasteiger partial charge is 0.242 e. The molecule has 0 aromatic carbocycles. The van der Waals surface area contributed by atoms with Crippen LogP contribution in [0, 0.1) is 5.92 Å². The van der Waals surface area contributed by atoms with Crippen LogP contribution in [-0.4, -0.2) is 21.5 Å². The van der Waals surface area contributed by atoms with Crippen LogP contribution in [0.1, 0.15) is 32.1 Å². The lowest BCUT2D eigenvalue weighted by Crippen LogP contribution is -2.28. The molecule has 19 heavy (non-hydrogen) atoms. The van der Waals surface area contributed by atoms with Crippen LogP contribution in [0.25, 0.3) is 0 Å². The van der Waals surface area contributed by atoms with Crippen molar-refractivity contribution in [1.82, 2.24) is 10.0 Å². The highest BCUT2D eigenvalue weighted by Gasteiger charge is 2.21. The van der Waals surface area contributed by atoms with E-state index in [1.165, 1.54) is 11.3 Å².